The number of aryl methyl sites for hydroxylation is 3. The van der Waals surface area contributed by atoms with E-state index < -0.39 is 5.97 Å². The Morgan fingerprint density at radius 1 is 0.862 bits per heavy atom. The topological polar surface area (TPSA) is 44.1 Å². The number of esters is 1. The fourth-order valence-electron chi connectivity index (χ4n) is 3.15. The Morgan fingerprint density at radius 2 is 1.45 bits per heavy atom. The van der Waals surface area contributed by atoms with Gasteiger partial charge in [-0.2, -0.15) is 0 Å². The van der Waals surface area contributed by atoms with E-state index in [9.17, 15) is 4.79 Å². The fraction of sp³-hybridized carbons (Fsp3) is 0.120. The van der Waals surface area contributed by atoms with Crippen LogP contribution in [0.25, 0.3) is 22.9 Å². The highest BCUT2D eigenvalue weighted by Crippen LogP contribution is 2.24. The summed E-state index contributed by atoms with van der Waals surface area (Å²) in [7, 11) is 1.95. The van der Waals surface area contributed by atoms with Crippen molar-refractivity contribution in [2.24, 2.45) is 7.05 Å². The number of fused-ring (bicyclic) bond motifs is 1. The van der Waals surface area contributed by atoms with E-state index in [0.717, 1.165) is 33.5 Å². The van der Waals surface area contributed by atoms with E-state index in [1.54, 1.807) is 12.1 Å². The maximum absolute atomic E-state index is 12.8. The number of rotatable bonds is 4. The highest BCUT2D eigenvalue weighted by Gasteiger charge is 2.14. The van der Waals surface area contributed by atoms with Crippen LogP contribution in [-0.2, 0) is 11.8 Å². The normalized spacial score (nSPS) is 11.6. The van der Waals surface area contributed by atoms with Crippen LogP contribution in [0.1, 0.15) is 32.9 Å². The molecule has 0 radical (unpaired) electrons. The summed E-state index contributed by atoms with van der Waals surface area (Å²) in [6.45, 7) is 4.01. The van der Waals surface area contributed by atoms with Crippen molar-refractivity contribution in [1.29, 1.82) is 0 Å². The summed E-state index contributed by atoms with van der Waals surface area (Å²) in [5.41, 5.74) is 5.49. The third-order valence-electron chi connectivity index (χ3n) is 4.91. The molecule has 29 heavy (non-hydrogen) atoms. The molecule has 1 heterocycles. The third kappa shape index (κ3) is 3.97. The molecule has 144 valence electrons. The van der Waals surface area contributed by atoms with Crippen molar-refractivity contribution >= 4 is 28.8 Å². The quantitative estimate of drug-likeness (QED) is 0.344. The lowest BCUT2D eigenvalue weighted by molar-refractivity contribution is 0.0693. The lowest BCUT2D eigenvalue weighted by Gasteiger charge is -2.10. The predicted molar refractivity (Wildman–Crippen MR) is 116 cm³/mol. The van der Waals surface area contributed by atoms with Gasteiger partial charge in [0.25, 0.3) is 0 Å². The molecule has 4 nitrogen and oxygen atoms in total. The van der Waals surface area contributed by atoms with E-state index in [2.05, 4.69) is 4.98 Å². The summed E-state index contributed by atoms with van der Waals surface area (Å²) in [4.78, 5) is 17.4. The molecule has 0 unspecified atom stereocenters. The van der Waals surface area contributed by atoms with Gasteiger partial charge in [0.05, 0.1) is 16.6 Å². The zero-order valence-electron chi connectivity index (χ0n) is 16.7. The summed E-state index contributed by atoms with van der Waals surface area (Å²) in [5, 5.41) is 0. The van der Waals surface area contributed by atoms with Gasteiger partial charge in [-0.05, 0) is 38.1 Å². The highest BCUT2D eigenvalue weighted by atomic mass is 16.5. The summed E-state index contributed by atoms with van der Waals surface area (Å²) in [6.07, 6.45) is 1.82. The van der Waals surface area contributed by atoms with Crippen molar-refractivity contribution in [3.63, 3.8) is 0 Å². The van der Waals surface area contributed by atoms with Gasteiger partial charge in [-0.15, -0.1) is 0 Å². The molecular formula is C25H22N2O2. The van der Waals surface area contributed by atoms with Crippen molar-refractivity contribution in [3.8, 4) is 0 Å². The number of imidazole rings is 1. The Kier molecular flexibility index (Phi) is 5.00. The standard InChI is InChI=1S/C25H22N2O2/c1-17-8-12-19(13-9-17)23(29-25(28)20-14-10-18(2)11-15-20)16-24-26-21-6-4-5-7-22(21)27(24)3/h4-16H,1-3H3/b23-16+. The smallest absolute Gasteiger partial charge is 0.343 e. The SMILES string of the molecule is Cc1ccc(C(=O)O/C(=C/c2nc3ccccc3n2C)c2ccc(C)cc2)cc1. The first-order chi connectivity index (χ1) is 14.0. The molecule has 4 rings (SSSR count). The number of aromatic nitrogens is 2. The van der Waals surface area contributed by atoms with E-state index in [1.807, 2.05) is 92.2 Å². The van der Waals surface area contributed by atoms with Gasteiger partial charge >= 0.3 is 5.97 Å². The minimum Gasteiger partial charge on any atom is -0.422 e. The average Bonchev–Trinajstić information content (AvgIpc) is 3.04. The van der Waals surface area contributed by atoms with Gasteiger partial charge < -0.3 is 9.30 Å². The number of benzene rings is 3. The van der Waals surface area contributed by atoms with E-state index in [1.165, 1.54) is 0 Å². The van der Waals surface area contributed by atoms with Crippen molar-refractivity contribution in [3.05, 3.63) is 101 Å². The summed E-state index contributed by atoms with van der Waals surface area (Å²) < 4.78 is 7.82. The Balaban J connectivity index is 1.76. The number of carbonyl (C=O) groups excluding carboxylic acids is 1. The molecule has 0 saturated carbocycles. The molecule has 0 aliphatic heterocycles. The molecule has 0 bridgehead atoms. The Morgan fingerprint density at radius 3 is 2.07 bits per heavy atom. The summed E-state index contributed by atoms with van der Waals surface area (Å²) in [5.74, 6) is 0.794. The number of para-hydroxylation sites is 2. The van der Waals surface area contributed by atoms with Crippen LogP contribution >= 0.6 is 0 Å². The second-order valence-corrected chi connectivity index (χ2v) is 7.15. The first-order valence-corrected chi connectivity index (χ1v) is 9.50. The number of nitrogens with zero attached hydrogens (tertiary/aromatic N) is 2. The van der Waals surface area contributed by atoms with Crippen LogP contribution in [0, 0.1) is 13.8 Å². The molecule has 0 atom stereocenters. The second kappa shape index (κ2) is 7.76. The molecule has 0 aliphatic carbocycles. The maximum atomic E-state index is 12.8. The molecule has 0 fully saturated rings. The molecule has 4 heteroatoms. The molecule has 0 aliphatic rings. The fourth-order valence-corrected chi connectivity index (χ4v) is 3.15. The van der Waals surface area contributed by atoms with E-state index in [0.29, 0.717) is 11.3 Å². The van der Waals surface area contributed by atoms with Gasteiger partial charge in [-0.25, -0.2) is 9.78 Å². The minimum atomic E-state index is -0.393. The molecule has 4 aromatic rings. The molecule has 0 amide bonds. The van der Waals surface area contributed by atoms with Crippen molar-refractivity contribution < 1.29 is 9.53 Å². The Bertz CT molecular complexity index is 1200. The lowest BCUT2D eigenvalue weighted by Crippen LogP contribution is -2.05. The monoisotopic (exact) mass is 382 g/mol. The third-order valence-corrected chi connectivity index (χ3v) is 4.91. The van der Waals surface area contributed by atoms with Gasteiger partial charge in [-0.3, -0.25) is 0 Å². The second-order valence-electron chi connectivity index (χ2n) is 7.15. The first-order valence-electron chi connectivity index (χ1n) is 9.50. The lowest BCUT2D eigenvalue weighted by atomic mass is 10.1. The summed E-state index contributed by atoms with van der Waals surface area (Å²) in [6, 6.07) is 23.2. The van der Waals surface area contributed by atoms with Gasteiger partial charge in [0.2, 0.25) is 0 Å². The van der Waals surface area contributed by atoms with E-state index in [-0.39, 0.29) is 0 Å². The molecule has 3 aromatic carbocycles. The number of hydrogen-bond acceptors (Lipinski definition) is 3. The minimum absolute atomic E-state index is 0.393. The zero-order chi connectivity index (χ0) is 20.4. The first kappa shape index (κ1) is 18.7. The Labute approximate surface area is 170 Å². The molecule has 1 aromatic heterocycles. The average molecular weight is 382 g/mol. The maximum Gasteiger partial charge on any atom is 0.343 e. The summed E-state index contributed by atoms with van der Waals surface area (Å²) >= 11 is 0. The number of ether oxygens (including phenoxy) is 1. The zero-order valence-corrected chi connectivity index (χ0v) is 16.7. The van der Waals surface area contributed by atoms with Crippen LogP contribution in [-0.4, -0.2) is 15.5 Å². The van der Waals surface area contributed by atoms with Crippen molar-refractivity contribution in [2.75, 3.05) is 0 Å². The van der Waals surface area contributed by atoms with Crippen molar-refractivity contribution in [1.82, 2.24) is 9.55 Å². The van der Waals surface area contributed by atoms with Gasteiger partial charge in [0, 0.05) is 18.7 Å². The number of hydrogen-bond donors (Lipinski definition) is 0. The van der Waals surface area contributed by atoms with Gasteiger partial charge in [-0.1, -0.05) is 59.7 Å². The molecule has 0 saturated heterocycles. The van der Waals surface area contributed by atoms with Crippen LogP contribution in [0.15, 0.2) is 72.8 Å². The van der Waals surface area contributed by atoms with Gasteiger partial charge in [0.15, 0.2) is 0 Å². The van der Waals surface area contributed by atoms with E-state index in [4.69, 9.17) is 4.74 Å². The molecule has 0 spiro atoms. The molecule has 0 N–H and O–H groups in total. The molecular weight excluding hydrogens is 360 g/mol. The van der Waals surface area contributed by atoms with Crippen LogP contribution in [0.5, 0.6) is 0 Å². The largest absolute Gasteiger partial charge is 0.422 e. The number of carbonyl (C=O) groups is 1. The Hall–Kier alpha value is -3.66. The van der Waals surface area contributed by atoms with Crippen LogP contribution in [0.3, 0.4) is 0 Å². The predicted octanol–water partition coefficient (Wildman–Crippen LogP) is 5.55. The van der Waals surface area contributed by atoms with E-state index >= 15 is 0 Å². The van der Waals surface area contributed by atoms with Crippen LogP contribution < -0.4 is 0 Å². The van der Waals surface area contributed by atoms with Gasteiger partial charge in [0.1, 0.15) is 11.6 Å². The van der Waals surface area contributed by atoms with Crippen LogP contribution in [0.2, 0.25) is 0 Å². The highest BCUT2D eigenvalue weighted by molar-refractivity contribution is 5.95. The van der Waals surface area contributed by atoms with Crippen molar-refractivity contribution in [2.45, 2.75) is 13.8 Å². The van der Waals surface area contributed by atoms with Crippen LogP contribution in [0.4, 0.5) is 0 Å².